The normalized spacial score (nSPS) is 28.4. The fourth-order valence-electron chi connectivity index (χ4n) is 1.00. The third kappa shape index (κ3) is 1.07. The molecule has 0 amide bonds. The van der Waals surface area contributed by atoms with Gasteiger partial charge in [-0.05, 0) is 19.9 Å². The third-order valence-corrected chi connectivity index (χ3v) is 1.64. The van der Waals surface area contributed by atoms with Gasteiger partial charge in [0.2, 0.25) is 0 Å². The van der Waals surface area contributed by atoms with Crippen molar-refractivity contribution in [1.82, 2.24) is 5.32 Å². The molecular weight excluding hydrogens is 102 g/mol. The molecule has 0 bridgehead atoms. The molecule has 0 aliphatic carbocycles. The molecule has 8 heavy (non-hydrogen) atoms. The second kappa shape index (κ2) is 2.27. The van der Waals surface area contributed by atoms with Gasteiger partial charge in [-0.15, -0.1) is 0 Å². The van der Waals surface area contributed by atoms with Gasteiger partial charge in [0.15, 0.2) is 0 Å². The minimum atomic E-state index is 0.315. The molecule has 1 rings (SSSR count). The van der Waals surface area contributed by atoms with Crippen molar-refractivity contribution in [3.8, 4) is 0 Å². The zero-order valence-corrected chi connectivity index (χ0v) is 5.11. The maximum Gasteiger partial charge on any atom is 0.134 e. The van der Waals surface area contributed by atoms with E-state index in [0.717, 1.165) is 19.5 Å². The Labute approximate surface area is 49.3 Å². The van der Waals surface area contributed by atoms with Crippen LogP contribution in [0.1, 0.15) is 13.3 Å². The van der Waals surface area contributed by atoms with Gasteiger partial charge >= 0.3 is 0 Å². The van der Waals surface area contributed by atoms with Crippen molar-refractivity contribution < 1.29 is 4.79 Å². The second-order valence-corrected chi connectivity index (χ2v) is 2.30. The molecule has 1 fully saturated rings. The van der Waals surface area contributed by atoms with Crippen LogP contribution in [0.2, 0.25) is 0 Å². The highest BCUT2D eigenvalue weighted by Gasteiger charge is 2.17. The third-order valence-electron chi connectivity index (χ3n) is 1.64. The fraction of sp³-hybridized carbons (Fsp3) is 0.833. The number of nitrogens with one attached hydrogen (secondary N) is 1. The van der Waals surface area contributed by atoms with E-state index in [-0.39, 0.29) is 0 Å². The second-order valence-electron chi connectivity index (χ2n) is 2.30. The smallest absolute Gasteiger partial charge is 0.134 e. The molecule has 1 atom stereocenters. The lowest BCUT2D eigenvalue weighted by molar-refractivity contribution is -0.120. The molecule has 0 aromatic rings. The average Bonchev–Trinajstić information content (AvgIpc) is 2.12. The molecule has 0 spiro atoms. The van der Waals surface area contributed by atoms with Crippen LogP contribution in [-0.2, 0) is 4.79 Å². The minimum Gasteiger partial charge on any atom is -0.316 e. The van der Waals surface area contributed by atoms with Crippen LogP contribution in [0.4, 0.5) is 0 Å². The predicted octanol–water partition coefficient (Wildman–Crippen LogP) is 0.185. The fourth-order valence-corrected chi connectivity index (χ4v) is 1.00. The van der Waals surface area contributed by atoms with E-state index in [1.807, 2.05) is 0 Å². The van der Waals surface area contributed by atoms with Crippen LogP contribution < -0.4 is 5.32 Å². The Balaban J connectivity index is 2.35. The summed E-state index contributed by atoms with van der Waals surface area (Å²) in [5.74, 6) is 0.644. The Kier molecular flexibility index (Phi) is 1.63. The molecule has 2 heteroatoms. The van der Waals surface area contributed by atoms with Crippen molar-refractivity contribution in [2.45, 2.75) is 13.3 Å². The van der Waals surface area contributed by atoms with Crippen molar-refractivity contribution in [3.05, 3.63) is 0 Å². The molecule has 0 aromatic carbocycles. The van der Waals surface area contributed by atoms with E-state index in [1.165, 1.54) is 0 Å². The average molecular weight is 113 g/mol. The highest BCUT2D eigenvalue weighted by molar-refractivity contribution is 5.78. The molecule has 1 saturated heterocycles. The number of hydrogen-bond donors (Lipinski definition) is 1. The zero-order chi connectivity index (χ0) is 5.98. The highest BCUT2D eigenvalue weighted by atomic mass is 16.1. The number of carbonyl (C=O) groups excluding carboxylic acids is 1. The number of hydrogen-bond acceptors (Lipinski definition) is 2. The van der Waals surface area contributed by atoms with E-state index in [0.29, 0.717) is 11.7 Å². The summed E-state index contributed by atoms with van der Waals surface area (Å²) >= 11 is 0. The van der Waals surface area contributed by atoms with Crippen LogP contribution in [-0.4, -0.2) is 18.9 Å². The van der Waals surface area contributed by atoms with Crippen molar-refractivity contribution in [3.63, 3.8) is 0 Å². The van der Waals surface area contributed by atoms with Crippen molar-refractivity contribution in [2.75, 3.05) is 13.1 Å². The summed E-state index contributed by atoms with van der Waals surface area (Å²) in [5.41, 5.74) is 0. The summed E-state index contributed by atoms with van der Waals surface area (Å²) in [4.78, 5) is 10.6. The van der Waals surface area contributed by atoms with Gasteiger partial charge in [-0.2, -0.15) is 0 Å². The van der Waals surface area contributed by atoms with E-state index in [1.54, 1.807) is 6.92 Å². The molecule has 1 N–H and O–H groups in total. The predicted molar refractivity (Wildman–Crippen MR) is 31.7 cm³/mol. The number of ketones is 1. The maximum absolute atomic E-state index is 10.6. The molecule has 1 heterocycles. The molecule has 1 unspecified atom stereocenters. The van der Waals surface area contributed by atoms with Gasteiger partial charge in [0.05, 0.1) is 0 Å². The largest absolute Gasteiger partial charge is 0.316 e. The van der Waals surface area contributed by atoms with Crippen LogP contribution in [0.5, 0.6) is 0 Å². The monoisotopic (exact) mass is 113 g/mol. The Bertz CT molecular complexity index is 94.7. The molecule has 0 saturated carbocycles. The van der Waals surface area contributed by atoms with Crippen LogP contribution in [0, 0.1) is 5.92 Å². The first-order valence-electron chi connectivity index (χ1n) is 3.02. The molecule has 0 radical (unpaired) electrons. The van der Waals surface area contributed by atoms with Gasteiger partial charge in [-0.1, -0.05) is 0 Å². The summed E-state index contributed by atoms with van der Waals surface area (Å²) < 4.78 is 0. The van der Waals surface area contributed by atoms with Gasteiger partial charge < -0.3 is 5.32 Å². The first kappa shape index (κ1) is 5.76. The number of carbonyl (C=O) groups is 1. The Morgan fingerprint density at radius 1 is 1.75 bits per heavy atom. The van der Waals surface area contributed by atoms with Crippen LogP contribution in [0.25, 0.3) is 0 Å². The summed E-state index contributed by atoms with van der Waals surface area (Å²) in [6, 6.07) is 0. The lowest BCUT2D eigenvalue weighted by Crippen LogP contribution is -2.14. The molecule has 1 aliphatic rings. The minimum absolute atomic E-state index is 0.315. The van der Waals surface area contributed by atoms with Gasteiger partial charge in [-0.25, -0.2) is 0 Å². The highest BCUT2D eigenvalue weighted by Crippen LogP contribution is 2.06. The van der Waals surface area contributed by atoms with Crippen molar-refractivity contribution in [2.24, 2.45) is 5.92 Å². The van der Waals surface area contributed by atoms with Gasteiger partial charge in [0.25, 0.3) is 0 Å². The first-order chi connectivity index (χ1) is 3.80. The quantitative estimate of drug-likeness (QED) is 0.525. The number of rotatable bonds is 1. The van der Waals surface area contributed by atoms with E-state index in [9.17, 15) is 4.79 Å². The molecule has 46 valence electrons. The van der Waals surface area contributed by atoms with Gasteiger partial charge in [0, 0.05) is 12.5 Å². The first-order valence-corrected chi connectivity index (χ1v) is 3.02. The Morgan fingerprint density at radius 2 is 2.50 bits per heavy atom. The van der Waals surface area contributed by atoms with Gasteiger partial charge in [0.1, 0.15) is 5.78 Å². The summed E-state index contributed by atoms with van der Waals surface area (Å²) in [7, 11) is 0. The summed E-state index contributed by atoms with van der Waals surface area (Å²) in [6.45, 7) is 3.58. The Hall–Kier alpha value is -0.370. The summed E-state index contributed by atoms with van der Waals surface area (Å²) in [6.07, 6.45) is 1.04. The number of Topliss-reactive ketones (excluding diaryl/α,β-unsaturated/α-hetero) is 1. The molecule has 2 nitrogen and oxygen atoms in total. The lowest BCUT2D eigenvalue weighted by atomic mass is 10.1. The van der Waals surface area contributed by atoms with E-state index < -0.39 is 0 Å². The van der Waals surface area contributed by atoms with Crippen LogP contribution >= 0.6 is 0 Å². The lowest BCUT2D eigenvalue weighted by Gasteiger charge is -1.98. The van der Waals surface area contributed by atoms with E-state index in [2.05, 4.69) is 5.32 Å². The van der Waals surface area contributed by atoms with Crippen molar-refractivity contribution in [1.29, 1.82) is 0 Å². The SMILES string of the molecule is CC(=O)C1CCNC1. The molecule has 0 aromatic heterocycles. The summed E-state index contributed by atoms with van der Waals surface area (Å²) in [5, 5.41) is 3.13. The molecule has 1 aliphatic heterocycles. The zero-order valence-electron chi connectivity index (χ0n) is 5.11. The van der Waals surface area contributed by atoms with E-state index >= 15 is 0 Å². The van der Waals surface area contributed by atoms with Crippen molar-refractivity contribution >= 4 is 5.78 Å². The molecular formula is C6H11NO. The standard InChI is InChI=1S/C6H11NO/c1-5(8)6-2-3-7-4-6/h6-7H,2-4H2,1H3. The van der Waals surface area contributed by atoms with Crippen LogP contribution in [0.3, 0.4) is 0 Å². The van der Waals surface area contributed by atoms with Gasteiger partial charge in [-0.3, -0.25) is 4.79 Å². The Morgan fingerprint density at radius 3 is 2.75 bits per heavy atom. The maximum atomic E-state index is 10.6. The van der Waals surface area contributed by atoms with Crippen LogP contribution in [0.15, 0.2) is 0 Å². The topological polar surface area (TPSA) is 29.1 Å². The van der Waals surface area contributed by atoms with E-state index in [4.69, 9.17) is 0 Å².